The fourth-order valence-electron chi connectivity index (χ4n) is 2.71. The summed E-state index contributed by atoms with van der Waals surface area (Å²) in [5, 5.41) is 8.79. The lowest BCUT2D eigenvalue weighted by molar-refractivity contribution is -0.150. The molecular formula is C18H34O4. The molecule has 130 valence electrons. The van der Waals surface area contributed by atoms with Crippen molar-refractivity contribution in [3.05, 3.63) is 0 Å². The van der Waals surface area contributed by atoms with Gasteiger partial charge in [0.05, 0.1) is 18.8 Å². The molecule has 1 heterocycles. The summed E-state index contributed by atoms with van der Waals surface area (Å²) < 4.78 is 10.4. The van der Waals surface area contributed by atoms with Gasteiger partial charge in [0.2, 0.25) is 0 Å². The number of carbonyl (C=O) groups is 1. The average molecular weight is 314 g/mol. The summed E-state index contributed by atoms with van der Waals surface area (Å²) in [4.78, 5) is 11.4. The zero-order valence-corrected chi connectivity index (χ0v) is 14.4. The first-order valence-electron chi connectivity index (χ1n) is 9.09. The third-order valence-corrected chi connectivity index (χ3v) is 4.30. The molecule has 0 amide bonds. The molecule has 3 atom stereocenters. The number of carbonyl (C=O) groups excluding carboxylic acids is 1. The van der Waals surface area contributed by atoms with E-state index in [1.54, 1.807) is 6.92 Å². The highest BCUT2D eigenvalue weighted by molar-refractivity contribution is 5.69. The number of hydrogen-bond donors (Lipinski definition) is 1. The van der Waals surface area contributed by atoms with Crippen LogP contribution in [0.25, 0.3) is 0 Å². The Labute approximate surface area is 135 Å². The molecule has 1 N–H and O–H groups in total. The standard InChI is InChI=1S/C18H34O4/c1-15(14-19)21-18(20)13-11-9-7-5-3-4-6-8-10-12-17-16(2)22-17/h15-17,19H,3-14H2,1-2H3. The molecule has 0 aromatic carbocycles. The molecule has 0 spiro atoms. The van der Waals surface area contributed by atoms with E-state index >= 15 is 0 Å². The first-order valence-corrected chi connectivity index (χ1v) is 9.09. The zero-order valence-electron chi connectivity index (χ0n) is 14.4. The molecule has 0 aliphatic carbocycles. The number of esters is 1. The average Bonchev–Trinajstić information content (AvgIpc) is 3.20. The highest BCUT2D eigenvalue weighted by Crippen LogP contribution is 2.26. The van der Waals surface area contributed by atoms with E-state index in [0.29, 0.717) is 18.6 Å². The highest BCUT2D eigenvalue weighted by atomic mass is 16.6. The van der Waals surface area contributed by atoms with Gasteiger partial charge in [-0.1, -0.05) is 51.4 Å². The molecule has 1 fully saturated rings. The Morgan fingerprint density at radius 1 is 1.05 bits per heavy atom. The smallest absolute Gasteiger partial charge is 0.306 e. The Morgan fingerprint density at radius 2 is 1.55 bits per heavy atom. The topological polar surface area (TPSA) is 59.1 Å². The maximum Gasteiger partial charge on any atom is 0.306 e. The molecule has 0 aromatic heterocycles. The van der Waals surface area contributed by atoms with Gasteiger partial charge in [-0.25, -0.2) is 0 Å². The van der Waals surface area contributed by atoms with Crippen LogP contribution in [0.3, 0.4) is 0 Å². The van der Waals surface area contributed by atoms with E-state index in [2.05, 4.69) is 6.92 Å². The van der Waals surface area contributed by atoms with Crippen LogP contribution in [0.15, 0.2) is 0 Å². The zero-order chi connectivity index (χ0) is 16.2. The third-order valence-electron chi connectivity index (χ3n) is 4.30. The Morgan fingerprint density at radius 3 is 2.05 bits per heavy atom. The fraction of sp³-hybridized carbons (Fsp3) is 0.944. The quantitative estimate of drug-likeness (QED) is 0.299. The summed E-state index contributed by atoms with van der Waals surface area (Å²) in [5.74, 6) is -0.185. The largest absolute Gasteiger partial charge is 0.460 e. The second-order valence-electron chi connectivity index (χ2n) is 6.58. The maximum absolute atomic E-state index is 11.4. The van der Waals surface area contributed by atoms with Gasteiger partial charge in [0, 0.05) is 6.42 Å². The van der Waals surface area contributed by atoms with E-state index in [1.165, 1.54) is 51.4 Å². The predicted molar refractivity (Wildman–Crippen MR) is 87.8 cm³/mol. The van der Waals surface area contributed by atoms with Gasteiger partial charge in [-0.2, -0.15) is 0 Å². The lowest BCUT2D eigenvalue weighted by Gasteiger charge is -2.09. The predicted octanol–water partition coefficient (Wildman–Crippen LogP) is 3.99. The van der Waals surface area contributed by atoms with Crippen LogP contribution in [0.1, 0.15) is 84.5 Å². The fourth-order valence-corrected chi connectivity index (χ4v) is 2.71. The van der Waals surface area contributed by atoms with Crippen molar-refractivity contribution in [1.29, 1.82) is 0 Å². The van der Waals surface area contributed by atoms with E-state index in [1.807, 2.05) is 0 Å². The molecule has 0 aromatic rings. The van der Waals surface area contributed by atoms with Crippen molar-refractivity contribution in [2.24, 2.45) is 0 Å². The van der Waals surface area contributed by atoms with Crippen molar-refractivity contribution in [3.8, 4) is 0 Å². The Bertz CT molecular complexity index is 293. The minimum Gasteiger partial charge on any atom is -0.460 e. The van der Waals surface area contributed by atoms with E-state index < -0.39 is 0 Å². The molecule has 4 nitrogen and oxygen atoms in total. The normalized spacial score (nSPS) is 21.6. The van der Waals surface area contributed by atoms with Gasteiger partial charge in [-0.15, -0.1) is 0 Å². The highest BCUT2D eigenvalue weighted by Gasteiger charge is 2.32. The summed E-state index contributed by atoms with van der Waals surface area (Å²) in [5.41, 5.74) is 0. The molecule has 1 aliphatic heterocycles. The first-order chi connectivity index (χ1) is 10.6. The summed E-state index contributed by atoms with van der Waals surface area (Å²) >= 11 is 0. The molecule has 22 heavy (non-hydrogen) atoms. The molecule has 0 bridgehead atoms. The summed E-state index contributed by atoms with van der Waals surface area (Å²) in [6.45, 7) is 3.76. The van der Waals surface area contributed by atoms with Gasteiger partial charge < -0.3 is 14.6 Å². The van der Waals surface area contributed by atoms with Crippen molar-refractivity contribution in [2.45, 2.75) is 103 Å². The Hall–Kier alpha value is -0.610. The molecule has 1 saturated heterocycles. The van der Waals surface area contributed by atoms with Gasteiger partial charge >= 0.3 is 5.97 Å². The van der Waals surface area contributed by atoms with Crippen LogP contribution in [0, 0.1) is 0 Å². The number of unbranched alkanes of at least 4 members (excludes halogenated alkanes) is 8. The summed E-state index contributed by atoms with van der Waals surface area (Å²) in [6.07, 6.45) is 13.5. The lowest BCUT2D eigenvalue weighted by atomic mass is 10.0. The van der Waals surface area contributed by atoms with Gasteiger partial charge in [0.25, 0.3) is 0 Å². The number of aliphatic hydroxyl groups is 1. The van der Waals surface area contributed by atoms with Crippen molar-refractivity contribution in [1.82, 2.24) is 0 Å². The summed E-state index contributed by atoms with van der Waals surface area (Å²) in [6, 6.07) is 0. The van der Waals surface area contributed by atoms with Crippen LogP contribution >= 0.6 is 0 Å². The molecule has 0 saturated carbocycles. The number of hydrogen-bond acceptors (Lipinski definition) is 4. The second kappa shape index (κ2) is 11.9. The number of aliphatic hydroxyl groups excluding tert-OH is 1. The van der Waals surface area contributed by atoms with E-state index in [4.69, 9.17) is 14.6 Å². The van der Waals surface area contributed by atoms with Gasteiger partial charge in [-0.3, -0.25) is 4.79 Å². The minimum atomic E-state index is -0.373. The van der Waals surface area contributed by atoms with Gasteiger partial charge in [-0.05, 0) is 26.7 Å². The Balaban J connectivity index is 1.73. The molecule has 4 heteroatoms. The summed E-state index contributed by atoms with van der Waals surface area (Å²) in [7, 11) is 0. The number of ether oxygens (including phenoxy) is 2. The number of epoxide rings is 1. The third kappa shape index (κ3) is 10.2. The van der Waals surface area contributed by atoms with Crippen LogP contribution in [-0.2, 0) is 14.3 Å². The van der Waals surface area contributed by atoms with Crippen molar-refractivity contribution < 1.29 is 19.4 Å². The van der Waals surface area contributed by atoms with Crippen LogP contribution in [0.4, 0.5) is 0 Å². The molecule has 1 rings (SSSR count). The monoisotopic (exact) mass is 314 g/mol. The van der Waals surface area contributed by atoms with Gasteiger partial charge in [0.1, 0.15) is 6.10 Å². The minimum absolute atomic E-state index is 0.0988. The van der Waals surface area contributed by atoms with Crippen LogP contribution in [-0.4, -0.2) is 36.0 Å². The lowest BCUT2D eigenvalue weighted by Crippen LogP contribution is -2.18. The van der Waals surface area contributed by atoms with Crippen LogP contribution < -0.4 is 0 Å². The van der Waals surface area contributed by atoms with E-state index in [0.717, 1.165) is 12.8 Å². The van der Waals surface area contributed by atoms with E-state index in [-0.39, 0.29) is 18.7 Å². The molecule has 0 radical (unpaired) electrons. The number of rotatable bonds is 14. The van der Waals surface area contributed by atoms with Crippen molar-refractivity contribution >= 4 is 5.97 Å². The van der Waals surface area contributed by atoms with Crippen molar-refractivity contribution in [2.75, 3.05) is 6.61 Å². The SMILES string of the molecule is CC(CO)OC(=O)CCCCCCCCCCCC1OC1C. The first kappa shape index (κ1) is 19.4. The van der Waals surface area contributed by atoms with Crippen LogP contribution in [0.5, 0.6) is 0 Å². The molecule has 1 aliphatic rings. The molecule has 3 unspecified atom stereocenters. The van der Waals surface area contributed by atoms with Gasteiger partial charge in [0.15, 0.2) is 0 Å². The molecular weight excluding hydrogens is 280 g/mol. The maximum atomic E-state index is 11.4. The van der Waals surface area contributed by atoms with Crippen LogP contribution in [0.2, 0.25) is 0 Å². The Kier molecular flexibility index (Phi) is 10.5. The van der Waals surface area contributed by atoms with E-state index in [9.17, 15) is 4.79 Å². The van der Waals surface area contributed by atoms with Crippen molar-refractivity contribution in [3.63, 3.8) is 0 Å². The second-order valence-corrected chi connectivity index (χ2v) is 6.58.